The molecule has 0 saturated heterocycles. The van der Waals surface area contributed by atoms with Crippen molar-refractivity contribution in [1.29, 1.82) is 0 Å². The zero-order chi connectivity index (χ0) is 9.40. The van der Waals surface area contributed by atoms with E-state index in [4.69, 9.17) is 5.73 Å². The van der Waals surface area contributed by atoms with Crippen molar-refractivity contribution in [3.8, 4) is 0 Å². The van der Waals surface area contributed by atoms with E-state index in [0.717, 1.165) is 11.5 Å². The van der Waals surface area contributed by atoms with Crippen molar-refractivity contribution < 1.29 is 4.79 Å². The quantitative estimate of drug-likeness (QED) is 0.391. The Morgan fingerprint density at radius 2 is 2.25 bits per heavy atom. The molecule has 1 amide bonds. The number of carbonyl (C=O) groups excluding carboxylic acids is 1. The van der Waals surface area contributed by atoms with Gasteiger partial charge in [0.1, 0.15) is 0 Å². The molecule has 0 aliphatic carbocycles. The molecule has 0 aliphatic heterocycles. The standard InChI is InChI=1S/C7H16N2OS2/c1-3-4-11-12-5-7(8)9-6(2)10/h7H,3-5,8H2,1-2H3,(H,9,10). The Balaban J connectivity index is 3.19. The van der Waals surface area contributed by atoms with Crippen LogP contribution in [0.2, 0.25) is 0 Å². The summed E-state index contributed by atoms with van der Waals surface area (Å²) in [5.41, 5.74) is 5.59. The molecular weight excluding hydrogens is 192 g/mol. The Morgan fingerprint density at radius 3 is 2.75 bits per heavy atom. The molecule has 0 aliphatic rings. The van der Waals surface area contributed by atoms with Gasteiger partial charge in [0.05, 0.1) is 6.17 Å². The first-order valence-electron chi connectivity index (χ1n) is 3.94. The molecule has 0 aromatic rings. The monoisotopic (exact) mass is 208 g/mol. The minimum atomic E-state index is -0.211. The normalized spacial score (nSPS) is 12.6. The number of hydrogen-bond acceptors (Lipinski definition) is 4. The summed E-state index contributed by atoms with van der Waals surface area (Å²) in [6.07, 6.45) is 0.962. The zero-order valence-electron chi connectivity index (χ0n) is 7.50. The second kappa shape index (κ2) is 7.76. The highest BCUT2D eigenvalue weighted by Gasteiger charge is 2.02. The lowest BCUT2D eigenvalue weighted by Gasteiger charge is -2.10. The van der Waals surface area contributed by atoms with Crippen LogP contribution in [0.3, 0.4) is 0 Å². The third-order valence-corrected chi connectivity index (χ3v) is 3.65. The highest BCUT2D eigenvalue weighted by atomic mass is 33.1. The SMILES string of the molecule is CCCSSCC(N)NC(C)=O. The van der Waals surface area contributed by atoms with Gasteiger partial charge in [-0.2, -0.15) is 0 Å². The van der Waals surface area contributed by atoms with Gasteiger partial charge in [0.25, 0.3) is 0 Å². The van der Waals surface area contributed by atoms with Gasteiger partial charge in [-0.15, -0.1) is 0 Å². The molecule has 0 aromatic heterocycles. The Hall–Kier alpha value is 0.130. The molecule has 12 heavy (non-hydrogen) atoms. The molecule has 0 rings (SSSR count). The first-order chi connectivity index (χ1) is 5.66. The minimum absolute atomic E-state index is 0.0661. The lowest BCUT2D eigenvalue weighted by molar-refractivity contribution is -0.119. The van der Waals surface area contributed by atoms with Crippen LogP contribution in [-0.4, -0.2) is 23.6 Å². The molecule has 0 heterocycles. The van der Waals surface area contributed by atoms with E-state index in [2.05, 4.69) is 12.2 Å². The summed E-state index contributed by atoms with van der Waals surface area (Å²) in [6.45, 7) is 3.62. The number of nitrogens with one attached hydrogen (secondary N) is 1. The highest BCUT2D eigenvalue weighted by molar-refractivity contribution is 8.76. The largest absolute Gasteiger partial charge is 0.340 e. The predicted octanol–water partition coefficient (Wildman–Crippen LogP) is 1.20. The molecule has 5 heteroatoms. The third kappa shape index (κ3) is 8.23. The zero-order valence-corrected chi connectivity index (χ0v) is 9.13. The van der Waals surface area contributed by atoms with Gasteiger partial charge < -0.3 is 11.1 Å². The molecule has 1 unspecified atom stereocenters. The van der Waals surface area contributed by atoms with E-state index in [0.29, 0.717) is 0 Å². The van der Waals surface area contributed by atoms with Crippen LogP contribution in [0.4, 0.5) is 0 Å². The maximum absolute atomic E-state index is 10.5. The van der Waals surface area contributed by atoms with Crippen LogP contribution < -0.4 is 11.1 Å². The maximum atomic E-state index is 10.5. The van der Waals surface area contributed by atoms with Crippen LogP contribution in [-0.2, 0) is 4.79 Å². The number of nitrogens with two attached hydrogens (primary N) is 1. The van der Waals surface area contributed by atoms with Crippen LogP contribution in [0.1, 0.15) is 20.3 Å². The Labute approximate surface area is 81.6 Å². The topological polar surface area (TPSA) is 55.1 Å². The molecular formula is C7H16N2OS2. The second-order valence-electron chi connectivity index (χ2n) is 2.41. The van der Waals surface area contributed by atoms with Gasteiger partial charge in [-0.25, -0.2) is 0 Å². The molecule has 0 bridgehead atoms. The summed E-state index contributed by atoms with van der Waals surface area (Å²) in [4.78, 5) is 10.5. The van der Waals surface area contributed by atoms with E-state index in [1.54, 1.807) is 21.6 Å². The molecule has 0 saturated carbocycles. The van der Waals surface area contributed by atoms with E-state index >= 15 is 0 Å². The molecule has 1 atom stereocenters. The van der Waals surface area contributed by atoms with Gasteiger partial charge in [0, 0.05) is 18.4 Å². The molecule has 0 radical (unpaired) electrons. The lowest BCUT2D eigenvalue weighted by atomic mass is 10.5. The van der Waals surface area contributed by atoms with Crippen molar-refractivity contribution in [1.82, 2.24) is 5.32 Å². The van der Waals surface area contributed by atoms with Gasteiger partial charge >= 0.3 is 0 Å². The smallest absolute Gasteiger partial charge is 0.218 e. The van der Waals surface area contributed by atoms with Gasteiger partial charge in [-0.3, -0.25) is 4.79 Å². The Morgan fingerprint density at radius 1 is 1.58 bits per heavy atom. The minimum Gasteiger partial charge on any atom is -0.340 e. The van der Waals surface area contributed by atoms with Crippen molar-refractivity contribution in [3.05, 3.63) is 0 Å². The van der Waals surface area contributed by atoms with Crippen molar-refractivity contribution in [2.45, 2.75) is 26.4 Å². The molecule has 72 valence electrons. The Kier molecular flexibility index (Phi) is 7.85. The Bertz CT molecular complexity index is 133. The second-order valence-corrected chi connectivity index (χ2v) is 5.04. The summed E-state index contributed by atoms with van der Waals surface area (Å²) >= 11 is 0. The van der Waals surface area contributed by atoms with Crippen LogP contribution in [0.15, 0.2) is 0 Å². The molecule has 0 aromatic carbocycles. The number of carbonyl (C=O) groups is 1. The fourth-order valence-electron chi connectivity index (χ4n) is 0.566. The first-order valence-corrected chi connectivity index (χ1v) is 6.42. The van der Waals surface area contributed by atoms with E-state index < -0.39 is 0 Å². The summed E-state index contributed by atoms with van der Waals surface area (Å²) in [5.74, 6) is 1.84. The molecule has 3 nitrogen and oxygen atoms in total. The van der Waals surface area contributed by atoms with E-state index in [1.165, 1.54) is 13.3 Å². The summed E-state index contributed by atoms with van der Waals surface area (Å²) in [5, 5.41) is 2.62. The average molecular weight is 208 g/mol. The molecule has 3 N–H and O–H groups in total. The maximum Gasteiger partial charge on any atom is 0.218 e. The van der Waals surface area contributed by atoms with Crippen molar-refractivity contribution >= 4 is 27.5 Å². The van der Waals surface area contributed by atoms with Crippen molar-refractivity contribution in [3.63, 3.8) is 0 Å². The number of rotatable bonds is 6. The summed E-state index contributed by atoms with van der Waals surface area (Å²) in [7, 11) is 3.50. The van der Waals surface area contributed by atoms with E-state index in [1.807, 2.05) is 0 Å². The van der Waals surface area contributed by atoms with Crippen LogP contribution >= 0.6 is 21.6 Å². The third-order valence-electron chi connectivity index (χ3n) is 1.01. The number of hydrogen-bond donors (Lipinski definition) is 2. The van der Waals surface area contributed by atoms with Gasteiger partial charge in [-0.05, 0) is 6.42 Å². The van der Waals surface area contributed by atoms with Gasteiger partial charge in [0.2, 0.25) is 5.91 Å². The first kappa shape index (κ1) is 12.1. The number of amides is 1. The molecule has 0 fully saturated rings. The van der Waals surface area contributed by atoms with E-state index in [-0.39, 0.29) is 12.1 Å². The van der Waals surface area contributed by atoms with Crippen LogP contribution in [0.5, 0.6) is 0 Å². The highest BCUT2D eigenvalue weighted by Crippen LogP contribution is 2.21. The summed E-state index contributed by atoms with van der Waals surface area (Å²) in [6, 6.07) is 0. The van der Waals surface area contributed by atoms with Gasteiger partial charge in [-0.1, -0.05) is 28.5 Å². The van der Waals surface area contributed by atoms with Crippen LogP contribution in [0.25, 0.3) is 0 Å². The summed E-state index contributed by atoms with van der Waals surface area (Å²) < 4.78 is 0. The van der Waals surface area contributed by atoms with Crippen molar-refractivity contribution in [2.75, 3.05) is 11.5 Å². The van der Waals surface area contributed by atoms with Gasteiger partial charge in [0.15, 0.2) is 0 Å². The van der Waals surface area contributed by atoms with Crippen LogP contribution in [0, 0.1) is 0 Å². The fourth-order valence-corrected chi connectivity index (χ4v) is 2.76. The average Bonchev–Trinajstić information content (AvgIpc) is 1.97. The van der Waals surface area contributed by atoms with E-state index in [9.17, 15) is 4.79 Å². The fraction of sp³-hybridized carbons (Fsp3) is 0.857. The van der Waals surface area contributed by atoms with Crippen molar-refractivity contribution in [2.24, 2.45) is 5.73 Å². The molecule has 0 spiro atoms. The predicted molar refractivity (Wildman–Crippen MR) is 57.0 cm³/mol. The lowest BCUT2D eigenvalue weighted by Crippen LogP contribution is -2.41.